The number of anilines is 2. The zero-order valence-electron chi connectivity index (χ0n) is 13.5. The number of ether oxygens (including phenoxy) is 1. The minimum Gasteiger partial charge on any atom is -0.426 e. The summed E-state index contributed by atoms with van der Waals surface area (Å²) in [7, 11) is 7.91. The number of nitrogens with zero attached hydrogens (tertiary/aromatic N) is 2. The molecule has 0 saturated heterocycles. The molecule has 0 N–H and O–H groups in total. The van der Waals surface area contributed by atoms with Crippen LogP contribution in [0.25, 0.3) is 0 Å². The molecule has 0 spiro atoms. The van der Waals surface area contributed by atoms with Gasteiger partial charge in [-0.3, -0.25) is 4.79 Å². The SMILES string of the molecule is CN(C)c1ccc(CC(=O)Oc2ccc(N(C)C)cc2)cc1. The van der Waals surface area contributed by atoms with Crippen LogP contribution in [0, 0.1) is 0 Å². The Labute approximate surface area is 131 Å². The molecule has 0 bridgehead atoms. The Kier molecular flexibility index (Phi) is 5.04. The molecule has 2 aromatic rings. The molecule has 0 fully saturated rings. The summed E-state index contributed by atoms with van der Waals surface area (Å²) in [6, 6.07) is 15.4. The van der Waals surface area contributed by atoms with E-state index in [2.05, 4.69) is 0 Å². The quantitative estimate of drug-likeness (QED) is 0.627. The molecule has 0 heterocycles. The zero-order valence-corrected chi connectivity index (χ0v) is 13.5. The van der Waals surface area contributed by atoms with E-state index in [1.807, 2.05) is 86.5 Å². The minimum atomic E-state index is -0.254. The number of carbonyl (C=O) groups excluding carboxylic acids is 1. The fourth-order valence-corrected chi connectivity index (χ4v) is 2.06. The molecule has 0 unspecified atom stereocenters. The largest absolute Gasteiger partial charge is 0.426 e. The third-order valence-corrected chi connectivity index (χ3v) is 3.39. The second kappa shape index (κ2) is 6.98. The average molecular weight is 298 g/mol. The van der Waals surface area contributed by atoms with E-state index in [1.54, 1.807) is 0 Å². The van der Waals surface area contributed by atoms with Crippen LogP contribution in [-0.4, -0.2) is 34.2 Å². The number of carbonyl (C=O) groups is 1. The zero-order chi connectivity index (χ0) is 16.1. The van der Waals surface area contributed by atoms with Gasteiger partial charge in [-0.2, -0.15) is 0 Å². The molecule has 0 radical (unpaired) electrons. The molecule has 0 aromatic heterocycles. The predicted molar refractivity (Wildman–Crippen MR) is 90.9 cm³/mol. The molecule has 0 atom stereocenters. The van der Waals surface area contributed by atoms with Gasteiger partial charge in [0.2, 0.25) is 0 Å². The molecular weight excluding hydrogens is 276 g/mol. The van der Waals surface area contributed by atoms with E-state index in [1.165, 1.54) is 0 Å². The van der Waals surface area contributed by atoms with E-state index in [9.17, 15) is 4.79 Å². The summed E-state index contributed by atoms with van der Waals surface area (Å²) < 4.78 is 5.36. The van der Waals surface area contributed by atoms with E-state index >= 15 is 0 Å². The Morgan fingerprint density at radius 1 is 0.818 bits per heavy atom. The molecule has 0 amide bonds. The number of benzene rings is 2. The predicted octanol–water partition coefficient (Wildman–Crippen LogP) is 2.97. The van der Waals surface area contributed by atoms with Crippen LogP contribution in [0.3, 0.4) is 0 Å². The van der Waals surface area contributed by atoms with Crippen LogP contribution in [0.4, 0.5) is 11.4 Å². The molecule has 0 saturated carbocycles. The fraction of sp³-hybridized carbons (Fsp3) is 0.278. The maximum atomic E-state index is 12.0. The first-order valence-electron chi connectivity index (χ1n) is 7.20. The number of hydrogen-bond donors (Lipinski definition) is 0. The molecular formula is C18H22N2O2. The van der Waals surface area contributed by atoms with Gasteiger partial charge < -0.3 is 14.5 Å². The van der Waals surface area contributed by atoms with Crippen molar-refractivity contribution in [1.29, 1.82) is 0 Å². The molecule has 0 aliphatic rings. The van der Waals surface area contributed by atoms with E-state index in [-0.39, 0.29) is 12.4 Å². The standard InChI is InChI=1S/C18H22N2O2/c1-19(2)15-7-5-14(6-8-15)13-18(21)22-17-11-9-16(10-12-17)20(3)4/h5-12H,13H2,1-4H3. The van der Waals surface area contributed by atoms with Crippen LogP contribution in [0.1, 0.15) is 5.56 Å². The molecule has 116 valence electrons. The molecule has 22 heavy (non-hydrogen) atoms. The van der Waals surface area contributed by atoms with Gasteiger partial charge in [0.05, 0.1) is 6.42 Å². The van der Waals surface area contributed by atoms with Gasteiger partial charge in [0, 0.05) is 39.6 Å². The second-order valence-corrected chi connectivity index (χ2v) is 5.60. The first kappa shape index (κ1) is 15.9. The van der Waals surface area contributed by atoms with Crippen molar-refractivity contribution in [2.24, 2.45) is 0 Å². The summed E-state index contributed by atoms with van der Waals surface area (Å²) in [5.74, 6) is 0.315. The van der Waals surface area contributed by atoms with Crippen LogP contribution in [-0.2, 0) is 11.2 Å². The third-order valence-electron chi connectivity index (χ3n) is 3.39. The van der Waals surface area contributed by atoms with E-state index in [0.29, 0.717) is 5.75 Å². The Morgan fingerprint density at radius 3 is 1.73 bits per heavy atom. The third kappa shape index (κ3) is 4.25. The maximum Gasteiger partial charge on any atom is 0.315 e. The van der Waals surface area contributed by atoms with E-state index in [0.717, 1.165) is 16.9 Å². The topological polar surface area (TPSA) is 32.8 Å². The summed E-state index contributed by atoms with van der Waals surface area (Å²) in [5.41, 5.74) is 3.12. The number of rotatable bonds is 5. The lowest BCUT2D eigenvalue weighted by atomic mass is 10.1. The van der Waals surface area contributed by atoms with Crippen molar-refractivity contribution in [1.82, 2.24) is 0 Å². The first-order chi connectivity index (χ1) is 10.5. The van der Waals surface area contributed by atoms with Crippen molar-refractivity contribution in [3.63, 3.8) is 0 Å². The molecule has 0 aliphatic carbocycles. The van der Waals surface area contributed by atoms with Crippen LogP contribution in [0.15, 0.2) is 48.5 Å². The van der Waals surface area contributed by atoms with Gasteiger partial charge in [-0.15, -0.1) is 0 Å². The molecule has 4 nitrogen and oxygen atoms in total. The van der Waals surface area contributed by atoms with Gasteiger partial charge in [-0.1, -0.05) is 12.1 Å². The first-order valence-corrected chi connectivity index (χ1v) is 7.20. The van der Waals surface area contributed by atoms with Crippen molar-refractivity contribution in [3.05, 3.63) is 54.1 Å². The van der Waals surface area contributed by atoms with Crippen molar-refractivity contribution >= 4 is 17.3 Å². The number of esters is 1. The molecule has 0 aliphatic heterocycles. The normalized spacial score (nSPS) is 10.2. The van der Waals surface area contributed by atoms with Crippen molar-refractivity contribution in [3.8, 4) is 5.75 Å². The smallest absolute Gasteiger partial charge is 0.315 e. The highest BCUT2D eigenvalue weighted by Crippen LogP contribution is 2.18. The highest BCUT2D eigenvalue weighted by atomic mass is 16.5. The van der Waals surface area contributed by atoms with Crippen LogP contribution in [0.5, 0.6) is 5.75 Å². The van der Waals surface area contributed by atoms with Gasteiger partial charge in [-0.25, -0.2) is 0 Å². The minimum absolute atomic E-state index is 0.254. The summed E-state index contributed by atoms with van der Waals surface area (Å²) in [4.78, 5) is 16.0. The van der Waals surface area contributed by atoms with Crippen LogP contribution in [0.2, 0.25) is 0 Å². The summed E-state index contributed by atoms with van der Waals surface area (Å²) in [6.07, 6.45) is 0.267. The number of hydrogen-bond acceptors (Lipinski definition) is 4. The van der Waals surface area contributed by atoms with Gasteiger partial charge in [-0.05, 0) is 42.0 Å². The lowest BCUT2D eigenvalue weighted by molar-refractivity contribution is -0.133. The van der Waals surface area contributed by atoms with Crippen LogP contribution < -0.4 is 14.5 Å². The van der Waals surface area contributed by atoms with Crippen LogP contribution >= 0.6 is 0 Å². The summed E-state index contributed by atoms with van der Waals surface area (Å²) >= 11 is 0. The highest BCUT2D eigenvalue weighted by Gasteiger charge is 2.07. The van der Waals surface area contributed by atoms with Gasteiger partial charge in [0.15, 0.2) is 0 Å². The van der Waals surface area contributed by atoms with Gasteiger partial charge >= 0.3 is 5.97 Å². The molecule has 2 aromatic carbocycles. The van der Waals surface area contributed by atoms with E-state index in [4.69, 9.17) is 4.74 Å². The van der Waals surface area contributed by atoms with Gasteiger partial charge in [0.1, 0.15) is 5.75 Å². The van der Waals surface area contributed by atoms with Crippen molar-refractivity contribution in [2.75, 3.05) is 38.0 Å². The van der Waals surface area contributed by atoms with Crippen molar-refractivity contribution < 1.29 is 9.53 Å². The van der Waals surface area contributed by atoms with E-state index < -0.39 is 0 Å². The average Bonchev–Trinajstić information content (AvgIpc) is 2.48. The lowest BCUT2D eigenvalue weighted by Crippen LogP contribution is -2.12. The summed E-state index contributed by atoms with van der Waals surface area (Å²) in [5, 5.41) is 0. The lowest BCUT2D eigenvalue weighted by Gasteiger charge is -2.13. The molecule has 2 rings (SSSR count). The Hall–Kier alpha value is -2.49. The van der Waals surface area contributed by atoms with Crippen molar-refractivity contribution in [2.45, 2.75) is 6.42 Å². The second-order valence-electron chi connectivity index (χ2n) is 5.60. The summed E-state index contributed by atoms with van der Waals surface area (Å²) in [6.45, 7) is 0. The Bertz CT molecular complexity index is 561. The fourth-order valence-electron chi connectivity index (χ4n) is 2.06. The van der Waals surface area contributed by atoms with Gasteiger partial charge in [0.25, 0.3) is 0 Å². The maximum absolute atomic E-state index is 12.0. The molecule has 4 heteroatoms. The highest BCUT2D eigenvalue weighted by molar-refractivity contribution is 5.75. The Balaban J connectivity index is 1.94. The Morgan fingerprint density at radius 2 is 1.27 bits per heavy atom. The monoisotopic (exact) mass is 298 g/mol.